The Balaban J connectivity index is 2.51. The van der Waals surface area contributed by atoms with E-state index in [0.29, 0.717) is 0 Å². The van der Waals surface area contributed by atoms with E-state index in [2.05, 4.69) is 11.1 Å². The standard InChI is InChI=1S/C15H18N2O/c1-10-8-11(2)14(13(9-10)18-3)15(16)12-6-4-5-7-17-12/h4-9,15H,16H2,1-3H3. The number of benzene rings is 1. The minimum atomic E-state index is -0.262. The summed E-state index contributed by atoms with van der Waals surface area (Å²) in [5, 5.41) is 0. The zero-order valence-corrected chi connectivity index (χ0v) is 11.0. The first kappa shape index (κ1) is 12.6. The normalized spacial score (nSPS) is 12.2. The number of nitrogens with two attached hydrogens (primary N) is 1. The molecule has 0 aliphatic heterocycles. The lowest BCUT2D eigenvalue weighted by Crippen LogP contribution is -2.16. The summed E-state index contributed by atoms with van der Waals surface area (Å²) in [6.45, 7) is 4.10. The first-order valence-electron chi connectivity index (χ1n) is 5.95. The molecule has 0 spiro atoms. The Labute approximate surface area is 108 Å². The molecular weight excluding hydrogens is 224 g/mol. The van der Waals surface area contributed by atoms with Gasteiger partial charge in [-0.15, -0.1) is 0 Å². The van der Waals surface area contributed by atoms with Crippen molar-refractivity contribution in [1.82, 2.24) is 4.98 Å². The van der Waals surface area contributed by atoms with Gasteiger partial charge in [0.05, 0.1) is 18.8 Å². The monoisotopic (exact) mass is 242 g/mol. The van der Waals surface area contributed by atoms with Gasteiger partial charge in [-0.2, -0.15) is 0 Å². The molecule has 3 heteroatoms. The maximum absolute atomic E-state index is 6.30. The summed E-state index contributed by atoms with van der Waals surface area (Å²) in [7, 11) is 1.67. The fraction of sp³-hybridized carbons (Fsp3) is 0.267. The summed E-state index contributed by atoms with van der Waals surface area (Å²) < 4.78 is 5.44. The van der Waals surface area contributed by atoms with Gasteiger partial charge in [-0.1, -0.05) is 12.1 Å². The van der Waals surface area contributed by atoms with Crippen LogP contribution in [0, 0.1) is 13.8 Å². The second kappa shape index (κ2) is 5.19. The number of pyridine rings is 1. The minimum Gasteiger partial charge on any atom is -0.496 e. The summed E-state index contributed by atoms with van der Waals surface area (Å²) in [4.78, 5) is 4.31. The molecular formula is C15H18N2O. The van der Waals surface area contributed by atoms with E-state index in [-0.39, 0.29) is 6.04 Å². The number of hydrogen-bond acceptors (Lipinski definition) is 3. The van der Waals surface area contributed by atoms with E-state index in [9.17, 15) is 0 Å². The number of hydrogen-bond donors (Lipinski definition) is 1. The van der Waals surface area contributed by atoms with Crippen LogP contribution in [0.3, 0.4) is 0 Å². The SMILES string of the molecule is COc1cc(C)cc(C)c1C(N)c1ccccn1. The van der Waals surface area contributed by atoms with Crippen LogP contribution in [0.15, 0.2) is 36.5 Å². The molecule has 0 amide bonds. The van der Waals surface area contributed by atoms with Crippen LogP contribution in [0.4, 0.5) is 0 Å². The van der Waals surface area contributed by atoms with Gasteiger partial charge in [-0.25, -0.2) is 0 Å². The van der Waals surface area contributed by atoms with Crippen molar-refractivity contribution in [2.75, 3.05) is 7.11 Å². The van der Waals surface area contributed by atoms with Crippen LogP contribution in [-0.2, 0) is 0 Å². The molecule has 1 unspecified atom stereocenters. The highest BCUT2D eigenvalue weighted by Crippen LogP contribution is 2.31. The van der Waals surface area contributed by atoms with Crippen LogP contribution < -0.4 is 10.5 Å². The number of methoxy groups -OCH3 is 1. The van der Waals surface area contributed by atoms with Gasteiger partial charge in [0, 0.05) is 11.8 Å². The molecule has 0 fully saturated rings. The molecule has 0 bridgehead atoms. The quantitative estimate of drug-likeness (QED) is 0.900. The highest BCUT2D eigenvalue weighted by atomic mass is 16.5. The van der Waals surface area contributed by atoms with E-state index in [4.69, 9.17) is 10.5 Å². The van der Waals surface area contributed by atoms with E-state index >= 15 is 0 Å². The van der Waals surface area contributed by atoms with Crippen molar-refractivity contribution in [3.05, 3.63) is 58.9 Å². The molecule has 0 radical (unpaired) electrons. The molecule has 0 aliphatic carbocycles. The van der Waals surface area contributed by atoms with Crippen LogP contribution in [-0.4, -0.2) is 12.1 Å². The fourth-order valence-electron chi connectivity index (χ4n) is 2.22. The van der Waals surface area contributed by atoms with Crippen LogP contribution in [0.5, 0.6) is 5.75 Å². The van der Waals surface area contributed by atoms with Gasteiger partial charge >= 0.3 is 0 Å². The lowest BCUT2D eigenvalue weighted by atomic mass is 9.96. The third-order valence-corrected chi connectivity index (χ3v) is 3.03. The molecule has 1 atom stereocenters. The number of ether oxygens (including phenoxy) is 1. The predicted octanol–water partition coefficient (Wildman–Crippen LogP) is 2.76. The molecule has 0 aliphatic rings. The van der Waals surface area contributed by atoms with Crippen molar-refractivity contribution in [3.63, 3.8) is 0 Å². The Hall–Kier alpha value is -1.87. The van der Waals surface area contributed by atoms with Crippen LogP contribution in [0.2, 0.25) is 0 Å². The smallest absolute Gasteiger partial charge is 0.124 e. The average molecular weight is 242 g/mol. The summed E-state index contributed by atoms with van der Waals surface area (Å²) in [5.41, 5.74) is 10.5. The molecule has 1 aromatic heterocycles. The Kier molecular flexibility index (Phi) is 3.63. The fourth-order valence-corrected chi connectivity index (χ4v) is 2.22. The van der Waals surface area contributed by atoms with Crippen molar-refractivity contribution in [1.29, 1.82) is 0 Å². The molecule has 2 aromatic rings. The van der Waals surface area contributed by atoms with Gasteiger partial charge in [0.15, 0.2) is 0 Å². The van der Waals surface area contributed by atoms with Crippen molar-refractivity contribution < 1.29 is 4.74 Å². The van der Waals surface area contributed by atoms with Crippen LogP contribution in [0.25, 0.3) is 0 Å². The van der Waals surface area contributed by atoms with Crippen LogP contribution in [0.1, 0.15) is 28.4 Å². The molecule has 1 aromatic carbocycles. The zero-order valence-electron chi connectivity index (χ0n) is 11.0. The first-order valence-corrected chi connectivity index (χ1v) is 5.95. The first-order chi connectivity index (χ1) is 8.63. The Bertz CT molecular complexity index is 538. The summed E-state index contributed by atoms with van der Waals surface area (Å²) in [5.74, 6) is 0.825. The summed E-state index contributed by atoms with van der Waals surface area (Å²) in [6, 6.07) is 9.62. The van der Waals surface area contributed by atoms with Gasteiger partial charge in [0.2, 0.25) is 0 Å². The van der Waals surface area contributed by atoms with E-state index in [1.54, 1.807) is 13.3 Å². The highest BCUT2D eigenvalue weighted by molar-refractivity contribution is 5.47. The highest BCUT2D eigenvalue weighted by Gasteiger charge is 2.17. The van der Waals surface area contributed by atoms with Gasteiger partial charge in [0.25, 0.3) is 0 Å². The second-order valence-corrected chi connectivity index (χ2v) is 4.43. The molecule has 0 saturated carbocycles. The van der Waals surface area contributed by atoms with Crippen molar-refractivity contribution in [2.24, 2.45) is 5.73 Å². The maximum Gasteiger partial charge on any atom is 0.124 e. The predicted molar refractivity (Wildman–Crippen MR) is 72.7 cm³/mol. The third kappa shape index (κ3) is 2.36. The second-order valence-electron chi connectivity index (χ2n) is 4.43. The van der Waals surface area contributed by atoms with E-state index in [1.165, 1.54) is 5.56 Å². The third-order valence-electron chi connectivity index (χ3n) is 3.03. The Morgan fingerprint density at radius 1 is 1.22 bits per heavy atom. The van der Waals surface area contributed by atoms with Gasteiger partial charge < -0.3 is 10.5 Å². The average Bonchev–Trinajstić information content (AvgIpc) is 2.38. The molecule has 18 heavy (non-hydrogen) atoms. The van der Waals surface area contributed by atoms with E-state index < -0.39 is 0 Å². The van der Waals surface area contributed by atoms with E-state index in [0.717, 1.165) is 22.6 Å². The zero-order chi connectivity index (χ0) is 13.1. The summed E-state index contributed by atoms with van der Waals surface area (Å²) >= 11 is 0. The van der Waals surface area contributed by atoms with E-state index in [1.807, 2.05) is 38.1 Å². The number of aromatic nitrogens is 1. The largest absolute Gasteiger partial charge is 0.496 e. The van der Waals surface area contributed by atoms with Crippen molar-refractivity contribution >= 4 is 0 Å². The Morgan fingerprint density at radius 3 is 2.61 bits per heavy atom. The number of rotatable bonds is 3. The number of aryl methyl sites for hydroxylation is 2. The van der Waals surface area contributed by atoms with Crippen LogP contribution >= 0.6 is 0 Å². The molecule has 94 valence electrons. The molecule has 2 rings (SSSR count). The molecule has 1 heterocycles. The lowest BCUT2D eigenvalue weighted by Gasteiger charge is -2.18. The Morgan fingerprint density at radius 2 is 2.00 bits per heavy atom. The van der Waals surface area contributed by atoms with Gasteiger partial charge in [-0.05, 0) is 43.2 Å². The van der Waals surface area contributed by atoms with Gasteiger partial charge in [-0.3, -0.25) is 4.98 Å². The number of nitrogens with zero attached hydrogens (tertiary/aromatic N) is 1. The molecule has 0 saturated heterocycles. The topological polar surface area (TPSA) is 48.1 Å². The molecule has 3 nitrogen and oxygen atoms in total. The maximum atomic E-state index is 6.30. The van der Waals surface area contributed by atoms with Crippen molar-refractivity contribution in [3.8, 4) is 5.75 Å². The summed E-state index contributed by atoms with van der Waals surface area (Å²) in [6.07, 6.45) is 1.76. The molecule has 2 N–H and O–H groups in total. The lowest BCUT2D eigenvalue weighted by molar-refractivity contribution is 0.406. The minimum absolute atomic E-state index is 0.262. The van der Waals surface area contributed by atoms with Crippen molar-refractivity contribution in [2.45, 2.75) is 19.9 Å². The van der Waals surface area contributed by atoms with Gasteiger partial charge in [0.1, 0.15) is 5.75 Å².